The Kier molecular flexibility index (Phi) is 7.38. The molecule has 2 aromatic heterocycles. The Morgan fingerprint density at radius 2 is 2.17 bits per heavy atom. The van der Waals surface area contributed by atoms with Gasteiger partial charge in [-0.3, -0.25) is 14.5 Å². The van der Waals surface area contributed by atoms with Crippen molar-refractivity contribution in [2.75, 3.05) is 18.1 Å². The van der Waals surface area contributed by atoms with E-state index in [2.05, 4.69) is 22.0 Å². The second kappa shape index (κ2) is 10.5. The number of nitrogens with zero attached hydrogens (tertiary/aromatic N) is 4. The number of anilines is 1. The average Bonchev–Trinajstić information content (AvgIpc) is 3.17. The number of nitrogen functional groups attached to an aromatic ring is 1. The Hall–Kier alpha value is -3.42. The van der Waals surface area contributed by atoms with Crippen molar-refractivity contribution in [1.29, 1.82) is 0 Å². The van der Waals surface area contributed by atoms with Gasteiger partial charge in [-0.15, -0.1) is 11.8 Å². The number of carbonyl (C=O) groups excluding carboxylic acids is 3. The molecule has 3 N–H and O–H groups in total. The Labute approximate surface area is 212 Å². The summed E-state index contributed by atoms with van der Waals surface area (Å²) in [6.07, 6.45) is 5.02. The molecule has 2 atom stereocenters. The molecular weight excluding hydrogens is 516 g/mol. The second-order valence-electron chi connectivity index (χ2n) is 7.35. The molecule has 0 saturated carbocycles. The number of hydrogen-bond acceptors (Lipinski definition) is 10. The van der Waals surface area contributed by atoms with Gasteiger partial charge >= 0.3 is 0 Å². The van der Waals surface area contributed by atoms with Gasteiger partial charge in [0.05, 0.1) is 11.7 Å². The van der Waals surface area contributed by atoms with E-state index >= 15 is 0 Å². The van der Waals surface area contributed by atoms with Crippen LogP contribution in [0.25, 0.3) is 0 Å². The minimum Gasteiger partial charge on any atom is -0.543 e. The molecule has 35 heavy (non-hydrogen) atoms. The summed E-state index contributed by atoms with van der Waals surface area (Å²) in [5.41, 5.74) is 5.77. The fourth-order valence-electron chi connectivity index (χ4n) is 3.57. The van der Waals surface area contributed by atoms with Crippen molar-refractivity contribution < 1.29 is 28.9 Å². The van der Waals surface area contributed by atoms with E-state index < -0.39 is 29.2 Å². The SMILES string of the molecule is C=CCO/N=C(/C(=O)NC1C(=O)N2C(C(=O)[O-])=C(C[n+]3ccccc3)CS[C@H]12)c1nc(N)sc1Cl. The van der Waals surface area contributed by atoms with E-state index in [1.165, 1.54) is 17.8 Å². The number of carboxylic acids is 1. The van der Waals surface area contributed by atoms with Crippen molar-refractivity contribution in [3.05, 3.63) is 64.5 Å². The third kappa shape index (κ3) is 5.01. The largest absolute Gasteiger partial charge is 0.543 e. The van der Waals surface area contributed by atoms with Gasteiger partial charge in [0.2, 0.25) is 0 Å². The number of fused-ring (bicyclic) bond motifs is 1. The Balaban J connectivity index is 1.55. The molecule has 4 heterocycles. The van der Waals surface area contributed by atoms with E-state index in [4.69, 9.17) is 22.2 Å². The van der Waals surface area contributed by atoms with Crippen molar-refractivity contribution in [2.45, 2.75) is 18.0 Å². The summed E-state index contributed by atoms with van der Waals surface area (Å²) in [4.78, 5) is 48.2. The molecule has 14 heteroatoms. The number of thioether (sulfide) groups is 1. The summed E-state index contributed by atoms with van der Waals surface area (Å²) >= 11 is 8.42. The molecule has 2 aliphatic rings. The van der Waals surface area contributed by atoms with Gasteiger partial charge in [0, 0.05) is 23.5 Å². The number of carboxylic acid groups (broad SMARTS) is 1. The van der Waals surface area contributed by atoms with E-state index in [-0.39, 0.29) is 39.7 Å². The van der Waals surface area contributed by atoms with Crippen LogP contribution in [0.4, 0.5) is 5.13 Å². The number of aromatic nitrogens is 2. The van der Waals surface area contributed by atoms with Gasteiger partial charge in [-0.2, -0.15) is 0 Å². The topological polar surface area (TPSA) is 154 Å². The molecule has 2 amide bonds. The van der Waals surface area contributed by atoms with E-state index in [0.717, 1.165) is 16.2 Å². The van der Waals surface area contributed by atoms with Crippen LogP contribution in [-0.4, -0.2) is 57.2 Å². The van der Waals surface area contributed by atoms with Crippen LogP contribution in [0, 0.1) is 0 Å². The van der Waals surface area contributed by atoms with Gasteiger partial charge in [0.25, 0.3) is 11.8 Å². The fourth-order valence-corrected chi connectivity index (χ4v) is 5.84. The first-order valence-electron chi connectivity index (χ1n) is 10.2. The van der Waals surface area contributed by atoms with Crippen LogP contribution < -0.4 is 20.7 Å². The lowest BCUT2D eigenvalue weighted by atomic mass is 10.0. The van der Waals surface area contributed by atoms with E-state index in [9.17, 15) is 19.5 Å². The lowest BCUT2D eigenvalue weighted by Gasteiger charge is -2.50. The van der Waals surface area contributed by atoms with Crippen molar-refractivity contribution in [1.82, 2.24) is 15.2 Å². The predicted molar refractivity (Wildman–Crippen MR) is 128 cm³/mol. The number of amides is 2. The standard InChI is InChI=1S/C21H19ClN6O5S2/c1-2-8-33-26-13(12-16(22)35-21(23)25-12)17(29)24-14-18(30)28-15(20(31)32)11(10-34-19(14)28)9-27-6-4-3-5-7-27/h2-7,14,19H,1,8-10H2,(H3-,23,24,25,29,31,32)/b26-13+/t14?,19-/m1/s1. The molecule has 0 bridgehead atoms. The van der Waals surface area contributed by atoms with Gasteiger partial charge in [0.15, 0.2) is 29.8 Å². The molecule has 0 radical (unpaired) electrons. The van der Waals surface area contributed by atoms with Crippen LogP contribution in [-0.2, 0) is 25.8 Å². The first kappa shape index (κ1) is 24.7. The molecule has 0 aromatic carbocycles. The smallest absolute Gasteiger partial charge is 0.276 e. The highest BCUT2D eigenvalue weighted by Gasteiger charge is 2.53. The normalized spacial score (nSPS) is 19.6. The molecule has 11 nitrogen and oxygen atoms in total. The van der Waals surface area contributed by atoms with Crippen molar-refractivity contribution >= 4 is 63.3 Å². The summed E-state index contributed by atoms with van der Waals surface area (Å²) in [6.45, 7) is 3.81. The third-order valence-electron chi connectivity index (χ3n) is 5.07. The monoisotopic (exact) mass is 534 g/mol. The fraction of sp³-hybridized carbons (Fsp3) is 0.238. The summed E-state index contributed by atoms with van der Waals surface area (Å²) in [5, 5.41) is 17.8. The zero-order valence-electron chi connectivity index (χ0n) is 18.0. The molecule has 0 aliphatic carbocycles. The molecule has 2 aliphatic heterocycles. The number of pyridine rings is 1. The maximum Gasteiger partial charge on any atom is 0.276 e. The van der Waals surface area contributed by atoms with Crippen molar-refractivity contribution in [2.24, 2.45) is 5.16 Å². The number of aliphatic carboxylic acids is 1. The molecule has 182 valence electrons. The number of halogens is 1. The summed E-state index contributed by atoms with van der Waals surface area (Å²) in [5.74, 6) is -2.47. The van der Waals surface area contributed by atoms with Gasteiger partial charge in [-0.25, -0.2) is 9.55 Å². The Morgan fingerprint density at radius 3 is 2.80 bits per heavy atom. The number of oxime groups is 1. The summed E-state index contributed by atoms with van der Waals surface area (Å²) in [6, 6.07) is 4.49. The number of nitrogens with one attached hydrogen (secondary N) is 1. The van der Waals surface area contributed by atoms with Gasteiger partial charge in [-0.1, -0.05) is 46.8 Å². The molecule has 4 rings (SSSR count). The molecule has 2 aromatic rings. The highest BCUT2D eigenvalue weighted by atomic mass is 35.5. The lowest BCUT2D eigenvalue weighted by molar-refractivity contribution is -0.689. The second-order valence-corrected chi connectivity index (χ2v) is 10.1. The van der Waals surface area contributed by atoms with Crippen LogP contribution in [0.5, 0.6) is 0 Å². The average molecular weight is 535 g/mol. The zero-order valence-corrected chi connectivity index (χ0v) is 20.4. The lowest BCUT2D eigenvalue weighted by Crippen LogP contribution is -2.71. The van der Waals surface area contributed by atoms with Crippen molar-refractivity contribution in [3.63, 3.8) is 0 Å². The first-order valence-corrected chi connectivity index (χ1v) is 12.4. The molecular formula is C21H19ClN6O5S2. The molecule has 1 unspecified atom stereocenters. The number of carbonyl (C=O) groups is 3. The van der Waals surface area contributed by atoms with E-state index in [1.54, 1.807) is 17.0 Å². The summed E-state index contributed by atoms with van der Waals surface area (Å²) in [7, 11) is 0. The first-order chi connectivity index (χ1) is 16.8. The number of hydrogen-bond donors (Lipinski definition) is 2. The van der Waals surface area contributed by atoms with Gasteiger partial charge in [-0.05, 0) is 0 Å². The zero-order chi connectivity index (χ0) is 25.1. The van der Waals surface area contributed by atoms with Crippen molar-refractivity contribution in [3.8, 4) is 0 Å². The van der Waals surface area contributed by atoms with Crippen LogP contribution >= 0.6 is 34.7 Å². The highest BCUT2D eigenvalue weighted by molar-refractivity contribution is 8.00. The maximum absolute atomic E-state index is 13.0. The minimum atomic E-state index is -1.45. The molecule has 1 fully saturated rings. The van der Waals surface area contributed by atoms with Crippen LogP contribution in [0.1, 0.15) is 5.69 Å². The number of thiazole rings is 1. The van der Waals surface area contributed by atoms with Crippen LogP contribution in [0.2, 0.25) is 4.34 Å². The molecule has 1 saturated heterocycles. The minimum absolute atomic E-state index is 0.00754. The van der Waals surface area contributed by atoms with E-state index in [0.29, 0.717) is 11.3 Å². The number of nitrogens with two attached hydrogens (primary N) is 1. The highest BCUT2D eigenvalue weighted by Crippen LogP contribution is 2.40. The third-order valence-corrected chi connectivity index (χ3v) is 7.49. The summed E-state index contributed by atoms with van der Waals surface area (Å²) < 4.78 is 1.93. The maximum atomic E-state index is 13.0. The van der Waals surface area contributed by atoms with Gasteiger partial charge in [0.1, 0.15) is 28.1 Å². The van der Waals surface area contributed by atoms with Crippen LogP contribution in [0.15, 0.2) is 59.7 Å². The van der Waals surface area contributed by atoms with Crippen LogP contribution in [0.3, 0.4) is 0 Å². The Morgan fingerprint density at radius 1 is 1.43 bits per heavy atom. The number of β-lactam (4-membered cyclic amide) rings is 1. The quantitative estimate of drug-likeness (QED) is 0.111. The predicted octanol–water partition coefficient (Wildman–Crippen LogP) is -0.323. The molecule has 0 spiro atoms. The number of rotatable bonds is 9. The van der Waals surface area contributed by atoms with Gasteiger partial charge < -0.3 is 25.8 Å². The van der Waals surface area contributed by atoms with E-state index in [1.807, 2.05) is 18.2 Å². The Bertz CT molecular complexity index is 1250.